The molecule has 2 aromatic heterocycles. The summed E-state index contributed by atoms with van der Waals surface area (Å²) in [5, 5.41) is 8.88. The Bertz CT molecular complexity index is 1730. The number of halogens is 3. The SMILES string of the molecule is CN1CCN(c2ccc(Nc3ncc4c(=O)n(-c5c(Cl)cccc5Cl)nc(-c5ccc(Br)cc5)c4n3)cc2)CC1. The van der Waals surface area contributed by atoms with E-state index >= 15 is 0 Å². The van der Waals surface area contributed by atoms with Crippen LogP contribution < -0.4 is 15.8 Å². The van der Waals surface area contributed by atoms with Crippen molar-refractivity contribution in [2.24, 2.45) is 0 Å². The molecule has 0 atom stereocenters. The maximum absolute atomic E-state index is 13.6. The van der Waals surface area contributed by atoms with Crippen molar-refractivity contribution in [2.45, 2.75) is 0 Å². The van der Waals surface area contributed by atoms with Gasteiger partial charge in [-0.15, -0.1) is 0 Å². The molecule has 1 saturated heterocycles. The van der Waals surface area contributed by atoms with E-state index in [1.54, 1.807) is 18.2 Å². The molecule has 0 amide bonds. The third kappa shape index (κ3) is 5.30. The molecule has 3 aromatic carbocycles. The van der Waals surface area contributed by atoms with Gasteiger partial charge < -0.3 is 15.1 Å². The first kappa shape index (κ1) is 26.7. The molecule has 0 radical (unpaired) electrons. The molecule has 1 aliphatic rings. The van der Waals surface area contributed by atoms with Gasteiger partial charge in [0.15, 0.2) is 0 Å². The van der Waals surface area contributed by atoms with Gasteiger partial charge in [-0.05, 0) is 55.6 Å². The van der Waals surface area contributed by atoms with Crippen LogP contribution in [0.3, 0.4) is 0 Å². The lowest BCUT2D eigenvalue weighted by molar-refractivity contribution is 0.313. The summed E-state index contributed by atoms with van der Waals surface area (Å²) in [6, 6.07) is 20.9. The highest BCUT2D eigenvalue weighted by molar-refractivity contribution is 9.10. The van der Waals surface area contributed by atoms with Crippen molar-refractivity contribution in [3.05, 3.63) is 97.8 Å². The van der Waals surface area contributed by atoms with Crippen molar-refractivity contribution in [1.82, 2.24) is 24.6 Å². The fourth-order valence-electron chi connectivity index (χ4n) is 4.68. The van der Waals surface area contributed by atoms with Crippen molar-refractivity contribution < 1.29 is 0 Å². The Morgan fingerprint density at radius 2 is 1.57 bits per heavy atom. The van der Waals surface area contributed by atoms with Crippen molar-refractivity contribution >= 4 is 67.4 Å². The van der Waals surface area contributed by atoms with Gasteiger partial charge >= 0.3 is 0 Å². The van der Waals surface area contributed by atoms with Gasteiger partial charge in [-0.3, -0.25) is 4.79 Å². The molecule has 202 valence electrons. The monoisotopic (exact) mass is 635 g/mol. The number of hydrogen-bond acceptors (Lipinski definition) is 7. The Balaban J connectivity index is 1.41. The number of piperazine rings is 1. The van der Waals surface area contributed by atoms with Crippen LogP contribution in [0.15, 0.2) is 82.2 Å². The van der Waals surface area contributed by atoms with Gasteiger partial charge in [0.05, 0.1) is 15.4 Å². The van der Waals surface area contributed by atoms with Crippen LogP contribution in [0.25, 0.3) is 27.8 Å². The number of hydrogen-bond donors (Lipinski definition) is 1. The van der Waals surface area contributed by atoms with Crippen LogP contribution in [0.2, 0.25) is 10.0 Å². The molecule has 0 saturated carbocycles. The molecular formula is C29H24BrCl2N7O. The summed E-state index contributed by atoms with van der Waals surface area (Å²) in [7, 11) is 2.15. The summed E-state index contributed by atoms with van der Waals surface area (Å²) >= 11 is 16.4. The first-order valence-corrected chi connectivity index (χ1v) is 14.2. The van der Waals surface area contributed by atoms with Crippen molar-refractivity contribution in [3.63, 3.8) is 0 Å². The molecule has 5 aromatic rings. The Morgan fingerprint density at radius 3 is 2.25 bits per heavy atom. The second kappa shape index (κ2) is 11.2. The molecule has 0 aliphatic carbocycles. The maximum Gasteiger partial charge on any atom is 0.282 e. The third-order valence-corrected chi connectivity index (χ3v) is 8.03. The lowest BCUT2D eigenvalue weighted by Gasteiger charge is -2.34. The summed E-state index contributed by atoms with van der Waals surface area (Å²) in [6.07, 6.45) is 1.51. The van der Waals surface area contributed by atoms with Crippen LogP contribution in [0, 0.1) is 0 Å². The molecule has 6 rings (SSSR count). The van der Waals surface area contributed by atoms with E-state index in [2.05, 4.69) is 55.2 Å². The van der Waals surface area contributed by atoms with Gasteiger partial charge in [0.2, 0.25) is 5.95 Å². The number of aromatic nitrogens is 4. The zero-order chi connectivity index (χ0) is 27.8. The average molecular weight is 637 g/mol. The Labute approximate surface area is 249 Å². The van der Waals surface area contributed by atoms with Crippen molar-refractivity contribution in [1.29, 1.82) is 0 Å². The summed E-state index contributed by atoms with van der Waals surface area (Å²) in [5.74, 6) is 0.355. The van der Waals surface area contributed by atoms with E-state index in [9.17, 15) is 4.79 Å². The van der Waals surface area contributed by atoms with Crippen LogP contribution in [-0.4, -0.2) is 57.9 Å². The van der Waals surface area contributed by atoms with Crippen LogP contribution >= 0.6 is 39.1 Å². The number of benzene rings is 3. The first-order chi connectivity index (χ1) is 19.4. The van der Waals surface area contributed by atoms with E-state index in [4.69, 9.17) is 33.3 Å². The molecule has 3 heterocycles. The van der Waals surface area contributed by atoms with Gasteiger partial charge in [0.25, 0.3) is 5.56 Å². The molecule has 1 fully saturated rings. The van der Waals surface area contributed by atoms with Crippen molar-refractivity contribution in [3.8, 4) is 16.9 Å². The van der Waals surface area contributed by atoms with E-state index in [-0.39, 0.29) is 0 Å². The van der Waals surface area contributed by atoms with Gasteiger partial charge in [0.1, 0.15) is 16.9 Å². The summed E-state index contributed by atoms with van der Waals surface area (Å²) in [6.45, 7) is 4.09. The first-order valence-electron chi connectivity index (χ1n) is 12.7. The molecular weight excluding hydrogens is 613 g/mol. The molecule has 0 unspecified atom stereocenters. The van der Waals surface area contributed by atoms with Crippen LogP contribution in [0.4, 0.5) is 17.3 Å². The minimum atomic E-state index is -0.422. The Kier molecular flexibility index (Phi) is 7.46. The second-order valence-electron chi connectivity index (χ2n) is 9.56. The molecule has 8 nitrogen and oxygen atoms in total. The quantitative estimate of drug-likeness (QED) is 0.239. The minimum Gasteiger partial charge on any atom is -0.369 e. The second-order valence-corrected chi connectivity index (χ2v) is 11.3. The average Bonchev–Trinajstić information content (AvgIpc) is 2.95. The van der Waals surface area contributed by atoms with E-state index in [0.29, 0.717) is 38.3 Å². The fourth-order valence-corrected chi connectivity index (χ4v) is 5.50. The predicted molar refractivity (Wildman–Crippen MR) is 166 cm³/mol. The van der Waals surface area contributed by atoms with E-state index < -0.39 is 5.56 Å². The summed E-state index contributed by atoms with van der Waals surface area (Å²) in [4.78, 5) is 27.5. The number of likely N-dealkylation sites (N-methyl/N-ethyl adjacent to an activating group) is 1. The molecule has 0 spiro atoms. The van der Waals surface area contributed by atoms with E-state index in [1.807, 2.05) is 36.4 Å². The lowest BCUT2D eigenvalue weighted by atomic mass is 10.1. The zero-order valence-corrected chi connectivity index (χ0v) is 24.6. The minimum absolute atomic E-state index is 0.292. The fraction of sp³-hybridized carbons (Fsp3) is 0.172. The Morgan fingerprint density at radius 1 is 0.900 bits per heavy atom. The largest absolute Gasteiger partial charge is 0.369 e. The summed E-state index contributed by atoms with van der Waals surface area (Å²) < 4.78 is 2.14. The van der Waals surface area contributed by atoms with Gasteiger partial charge in [0, 0.05) is 53.8 Å². The van der Waals surface area contributed by atoms with Crippen molar-refractivity contribution in [2.75, 3.05) is 43.4 Å². The van der Waals surface area contributed by atoms with Gasteiger partial charge in [-0.2, -0.15) is 9.78 Å². The van der Waals surface area contributed by atoms with Gasteiger partial charge in [-0.1, -0.05) is 57.3 Å². The number of rotatable bonds is 5. The normalized spacial score (nSPS) is 14.1. The lowest BCUT2D eigenvalue weighted by Crippen LogP contribution is -2.44. The molecule has 40 heavy (non-hydrogen) atoms. The van der Waals surface area contributed by atoms with E-state index in [0.717, 1.165) is 41.9 Å². The third-order valence-electron chi connectivity index (χ3n) is 6.89. The number of fused-ring (bicyclic) bond motifs is 1. The number of para-hydroxylation sites is 1. The number of anilines is 3. The topological polar surface area (TPSA) is 79.2 Å². The number of nitrogens with zero attached hydrogens (tertiary/aromatic N) is 6. The molecule has 0 bridgehead atoms. The van der Waals surface area contributed by atoms with Gasteiger partial charge in [-0.25, -0.2) is 9.97 Å². The smallest absolute Gasteiger partial charge is 0.282 e. The molecule has 1 N–H and O–H groups in total. The molecule has 11 heteroatoms. The summed E-state index contributed by atoms with van der Waals surface area (Å²) in [5.41, 5.74) is 3.58. The maximum atomic E-state index is 13.6. The Hall–Kier alpha value is -3.50. The number of nitrogens with one attached hydrogen (secondary N) is 1. The molecule has 1 aliphatic heterocycles. The highest BCUT2D eigenvalue weighted by atomic mass is 79.9. The van der Waals surface area contributed by atoms with Crippen LogP contribution in [0.1, 0.15) is 0 Å². The zero-order valence-electron chi connectivity index (χ0n) is 21.5. The van der Waals surface area contributed by atoms with E-state index in [1.165, 1.54) is 16.6 Å². The standard InChI is InChI=1S/C29H24BrCl2N7O/c1-37-13-15-38(16-14-37)21-11-9-20(10-12-21)34-29-33-17-22-26(35-29)25(18-5-7-19(30)8-6-18)36-39(28(22)40)27-23(31)3-2-4-24(27)32/h2-12,17H,13-16H2,1H3,(H,33,34,35). The highest BCUT2D eigenvalue weighted by Gasteiger charge is 2.20. The highest BCUT2D eigenvalue weighted by Crippen LogP contribution is 2.31. The van der Waals surface area contributed by atoms with Crippen LogP contribution in [0.5, 0.6) is 0 Å². The predicted octanol–water partition coefficient (Wildman–Crippen LogP) is 6.41. The van der Waals surface area contributed by atoms with Crippen LogP contribution in [-0.2, 0) is 0 Å².